The van der Waals surface area contributed by atoms with Crippen LogP contribution in [0, 0.1) is 0 Å². The molecule has 0 aliphatic rings. The molecule has 1 amide bonds. The Morgan fingerprint density at radius 3 is 2.31 bits per heavy atom. The molecule has 0 radical (unpaired) electrons. The van der Waals surface area contributed by atoms with Gasteiger partial charge in [-0.2, -0.15) is 5.10 Å². The van der Waals surface area contributed by atoms with Gasteiger partial charge in [0.1, 0.15) is 0 Å². The molecule has 7 heteroatoms. The number of ether oxygens (including phenoxy) is 2. The summed E-state index contributed by atoms with van der Waals surface area (Å²) in [5, 5.41) is 5.57. The average Bonchev–Trinajstić information content (AvgIpc) is 2.90. The smallest absolute Gasteiger partial charge is 0.275 e. The molecule has 4 rings (SSSR count). The van der Waals surface area contributed by atoms with Gasteiger partial charge < -0.3 is 14.4 Å². The molecule has 0 atom stereocenters. The summed E-state index contributed by atoms with van der Waals surface area (Å²) < 4.78 is 12.4. The van der Waals surface area contributed by atoms with Crippen molar-refractivity contribution in [2.45, 2.75) is 26.9 Å². The first-order valence-corrected chi connectivity index (χ1v) is 11.7. The van der Waals surface area contributed by atoms with E-state index in [0.29, 0.717) is 42.0 Å². The third kappa shape index (κ3) is 5.19. The van der Waals surface area contributed by atoms with Crippen LogP contribution in [-0.4, -0.2) is 40.8 Å². The van der Waals surface area contributed by atoms with Gasteiger partial charge in [-0.25, -0.2) is 4.68 Å². The third-order valence-electron chi connectivity index (χ3n) is 5.82. The number of amides is 1. The van der Waals surface area contributed by atoms with E-state index < -0.39 is 0 Å². The molecule has 3 aromatic carbocycles. The van der Waals surface area contributed by atoms with Crippen LogP contribution in [0.25, 0.3) is 10.8 Å². The van der Waals surface area contributed by atoms with Crippen LogP contribution in [0.2, 0.25) is 0 Å². The molecule has 0 fully saturated rings. The Hall–Kier alpha value is -4.13. The number of nitrogens with zero attached hydrogens (tertiary/aromatic N) is 3. The number of aromatic nitrogens is 2. The number of fused-ring (bicyclic) bond motifs is 1. The molecule has 1 heterocycles. The fourth-order valence-electron chi connectivity index (χ4n) is 4.04. The Kier molecular flexibility index (Phi) is 7.45. The van der Waals surface area contributed by atoms with E-state index in [9.17, 15) is 9.59 Å². The van der Waals surface area contributed by atoms with Crippen molar-refractivity contribution in [1.82, 2.24) is 14.7 Å². The summed E-state index contributed by atoms with van der Waals surface area (Å²) in [5.74, 6) is 1.04. The molecular formula is C28H29N3O4. The minimum absolute atomic E-state index is 0.222. The van der Waals surface area contributed by atoms with Crippen LogP contribution in [0.3, 0.4) is 0 Å². The van der Waals surface area contributed by atoms with Crippen molar-refractivity contribution in [2.75, 3.05) is 20.3 Å². The Bertz CT molecular complexity index is 1380. The van der Waals surface area contributed by atoms with Gasteiger partial charge in [-0.05, 0) is 43.2 Å². The first-order valence-electron chi connectivity index (χ1n) is 11.7. The minimum atomic E-state index is -0.238. The number of carbonyl (C=O) groups is 1. The first kappa shape index (κ1) is 24.0. The number of hydrogen-bond donors (Lipinski definition) is 0. The molecule has 180 valence electrons. The van der Waals surface area contributed by atoms with Crippen LogP contribution in [0.15, 0.2) is 77.6 Å². The van der Waals surface area contributed by atoms with Crippen molar-refractivity contribution in [2.24, 2.45) is 0 Å². The van der Waals surface area contributed by atoms with Crippen molar-refractivity contribution in [3.05, 3.63) is 100.0 Å². The summed E-state index contributed by atoms with van der Waals surface area (Å²) in [4.78, 5) is 28.6. The van der Waals surface area contributed by atoms with E-state index in [0.717, 1.165) is 11.1 Å². The molecule has 0 N–H and O–H groups in total. The zero-order valence-corrected chi connectivity index (χ0v) is 20.2. The normalized spacial score (nSPS) is 10.8. The van der Waals surface area contributed by atoms with E-state index in [2.05, 4.69) is 5.10 Å². The molecule has 0 saturated carbocycles. The molecule has 7 nitrogen and oxygen atoms in total. The molecule has 4 aromatic rings. The van der Waals surface area contributed by atoms with Gasteiger partial charge in [0.2, 0.25) is 0 Å². The Balaban J connectivity index is 1.71. The second-order valence-corrected chi connectivity index (χ2v) is 8.08. The Labute approximate surface area is 204 Å². The van der Waals surface area contributed by atoms with Gasteiger partial charge in [0.25, 0.3) is 11.5 Å². The first-order chi connectivity index (χ1) is 17.0. The van der Waals surface area contributed by atoms with E-state index in [-0.39, 0.29) is 23.7 Å². The fourth-order valence-corrected chi connectivity index (χ4v) is 4.04. The molecule has 0 aliphatic heterocycles. The minimum Gasteiger partial charge on any atom is -0.493 e. The van der Waals surface area contributed by atoms with Gasteiger partial charge in [-0.15, -0.1) is 0 Å². The topological polar surface area (TPSA) is 73.7 Å². The molecular weight excluding hydrogens is 442 g/mol. The Morgan fingerprint density at radius 2 is 1.63 bits per heavy atom. The highest BCUT2D eigenvalue weighted by atomic mass is 16.5. The van der Waals surface area contributed by atoms with Gasteiger partial charge in [0.05, 0.1) is 25.6 Å². The second-order valence-electron chi connectivity index (χ2n) is 8.08. The van der Waals surface area contributed by atoms with Crippen LogP contribution < -0.4 is 15.0 Å². The zero-order valence-electron chi connectivity index (χ0n) is 20.2. The number of carbonyl (C=O) groups excluding carboxylic acids is 1. The predicted octanol–water partition coefficient (Wildman–Crippen LogP) is 4.51. The zero-order chi connectivity index (χ0) is 24.8. The second kappa shape index (κ2) is 10.9. The van der Waals surface area contributed by atoms with Crippen molar-refractivity contribution in [1.29, 1.82) is 0 Å². The fraction of sp³-hybridized carbons (Fsp3) is 0.250. The molecule has 35 heavy (non-hydrogen) atoms. The molecule has 0 spiro atoms. The highest BCUT2D eigenvalue weighted by Gasteiger charge is 2.22. The number of benzene rings is 3. The molecule has 0 saturated heterocycles. The van der Waals surface area contributed by atoms with E-state index in [1.165, 1.54) is 4.68 Å². The van der Waals surface area contributed by atoms with Crippen LogP contribution in [0.1, 0.15) is 35.5 Å². The standard InChI is InChI=1S/C28H29N3O4/c1-4-30(18-21-15-16-24(35-5-2)25(17-21)34-3)28(33)26-22-13-9-10-14-23(22)27(32)31(29-26)19-20-11-7-6-8-12-20/h6-17H,4-5,18-19H2,1-3H3. The van der Waals surface area contributed by atoms with Crippen LogP contribution >= 0.6 is 0 Å². The molecule has 0 aliphatic carbocycles. The summed E-state index contributed by atoms with van der Waals surface area (Å²) >= 11 is 0. The van der Waals surface area contributed by atoms with Gasteiger partial charge >= 0.3 is 0 Å². The summed E-state index contributed by atoms with van der Waals surface area (Å²) in [6, 6.07) is 22.4. The monoisotopic (exact) mass is 471 g/mol. The van der Waals surface area contributed by atoms with E-state index >= 15 is 0 Å². The van der Waals surface area contributed by atoms with Crippen molar-refractivity contribution in [3.8, 4) is 11.5 Å². The van der Waals surface area contributed by atoms with Crippen LogP contribution in [0.5, 0.6) is 11.5 Å². The SMILES string of the molecule is CCOc1ccc(CN(CC)C(=O)c2nn(Cc3ccccc3)c(=O)c3ccccc23)cc1OC. The maximum Gasteiger partial charge on any atom is 0.275 e. The summed E-state index contributed by atoms with van der Waals surface area (Å²) in [5.41, 5.74) is 1.88. The number of rotatable bonds is 9. The van der Waals surface area contributed by atoms with Gasteiger partial charge in [-0.1, -0.05) is 54.6 Å². The van der Waals surface area contributed by atoms with E-state index in [1.807, 2.05) is 68.4 Å². The van der Waals surface area contributed by atoms with Gasteiger partial charge in [-0.3, -0.25) is 9.59 Å². The molecule has 0 unspecified atom stereocenters. The van der Waals surface area contributed by atoms with Crippen LogP contribution in [-0.2, 0) is 13.1 Å². The quantitative estimate of drug-likeness (QED) is 0.359. The number of hydrogen-bond acceptors (Lipinski definition) is 5. The molecule has 1 aromatic heterocycles. The van der Waals surface area contributed by atoms with Crippen molar-refractivity contribution in [3.63, 3.8) is 0 Å². The van der Waals surface area contributed by atoms with Gasteiger partial charge in [0.15, 0.2) is 17.2 Å². The third-order valence-corrected chi connectivity index (χ3v) is 5.82. The highest BCUT2D eigenvalue weighted by Crippen LogP contribution is 2.29. The lowest BCUT2D eigenvalue weighted by atomic mass is 10.1. The van der Waals surface area contributed by atoms with Crippen molar-refractivity contribution >= 4 is 16.7 Å². The summed E-state index contributed by atoms with van der Waals surface area (Å²) in [7, 11) is 1.59. The summed E-state index contributed by atoms with van der Waals surface area (Å²) in [6.07, 6.45) is 0. The Morgan fingerprint density at radius 1 is 0.914 bits per heavy atom. The van der Waals surface area contributed by atoms with Crippen LogP contribution in [0.4, 0.5) is 0 Å². The maximum atomic E-state index is 13.7. The summed E-state index contributed by atoms with van der Waals surface area (Å²) in [6.45, 7) is 5.50. The largest absolute Gasteiger partial charge is 0.493 e. The maximum absolute atomic E-state index is 13.7. The predicted molar refractivity (Wildman–Crippen MR) is 136 cm³/mol. The lowest BCUT2D eigenvalue weighted by molar-refractivity contribution is 0.0746. The number of methoxy groups -OCH3 is 1. The average molecular weight is 472 g/mol. The lowest BCUT2D eigenvalue weighted by Gasteiger charge is -2.22. The van der Waals surface area contributed by atoms with Gasteiger partial charge in [0, 0.05) is 18.5 Å². The van der Waals surface area contributed by atoms with E-state index in [4.69, 9.17) is 9.47 Å². The highest BCUT2D eigenvalue weighted by molar-refractivity contribution is 6.04. The lowest BCUT2D eigenvalue weighted by Crippen LogP contribution is -2.34. The van der Waals surface area contributed by atoms with Crippen molar-refractivity contribution < 1.29 is 14.3 Å². The molecule has 0 bridgehead atoms. The van der Waals surface area contributed by atoms with E-state index in [1.54, 1.807) is 30.2 Å².